The van der Waals surface area contributed by atoms with Crippen molar-refractivity contribution in [2.45, 2.75) is 12.8 Å². The first-order valence-corrected chi connectivity index (χ1v) is 3.13. The number of unbranched alkanes of at least 4 members (excludes halogenated alkanes) is 1. The first-order chi connectivity index (χ1) is 4.41. The predicted molar refractivity (Wildman–Crippen MR) is 40.8 cm³/mol. The molecule has 0 atom stereocenters. The van der Waals surface area contributed by atoms with Crippen molar-refractivity contribution in [2.24, 2.45) is 11.5 Å². The van der Waals surface area contributed by atoms with E-state index in [1.54, 1.807) is 6.20 Å². The van der Waals surface area contributed by atoms with Crippen molar-refractivity contribution in [3.63, 3.8) is 0 Å². The van der Waals surface area contributed by atoms with Crippen molar-refractivity contribution >= 4 is 0 Å². The van der Waals surface area contributed by atoms with Crippen LogP contribution in [-0.4, -0.2) is 6.54 Å². The largest absolute Gasteiger partial charge is 0.405 e. The molecule has 2 nitrogen and oxygen atoms in total. The smallest absolute Gasteiger partial charge is 0.0106 e. The third-order valence-electron chi connectivity index (χ3n) is 0.939. The van der Waals surface area contributed by atoms with Gasteiger partial charge in [0, 0.05) is 6.54 Å². The van der Waals surface area contributed by atoms with Gasteiger partial charge in [0.1, 0.15) is 0 Å². The van der Waals surface area contributed by atoms with E-state index < -0.39 is 0 Å². The third-order valence-corrected chi connectivity index (χ3v) is 0.939. The molecule has 0 amide bonds. The number of allylic oxidation sites excluding steroid dienone is 2. The Balaban J connectivity index is 2.99. The van der Waals surface area contributed by atoms with E-state index in [4.69, 9.17) is 11.5 Å². The third kappa shape index (κ3) is 7.24. The van der Waals surface area contributed by atoms with E-state index >= 15 is 0 Å². The Labute approximate surface area is 56.2 Å². The average Bonchev–Trinajstić information content (AvgIpc) is 1.89. The zero-order chi connectivity index (χ0) is 6.95. The molecule has 0 heterocycles. The number of rotatable bonds is 4. The first kappa shape index (κ1) is 8.24. The lowest BCUT2D eigenvalue weighted by Gasteiger charge is -1.83. The summed E-state index contributed by atoms with van der Waals surface area (Å²) in [6, 6.07) is 0. The highest BCUT2D eigenvalue weighted by Gasteiger charge is 1.72. The molecule has 0 aliphatic rings. The lowest BCUT2D eigenvalue weighted by Crippen LogP contribution is -1.91. The number of hydrogen-bond acceptors (Lipinski definition) is 2. The van der Waals surface area contributed by atoms with Crippen LogP contribution in [0.25, 0.3) is 0 Å². The Bertz CT molecular complexity index is 95.1. The molecule has 0 saturated heterocycles. The molecule has 0 aromatic carbocycles. The summed E-state index contributed by atoms with van der Waals surface area (Å²) in [6.07, 6.45) is 9.54. The van der Waals surface area contributed by atoms with Gasteiger partial charge in [0.25, 0.3) is 0 Å². The van der Waals surface area contributed by atoms with Gasteiger partial charge in [-0.15, -0.1) is 0 Å². The van der Waals surface area contributed by atoms with Gasteiger partial charge in [-0.2, -0.15) is 0 Å². The molecule has 4 N–H and O–H groups in total. The lowest BCUT2D eigenvalue weighted by atomic mass is 10.3. The second kappa shape index (κ2) is 7.24. The van der Waals surface area contributed by atoms with Crippen LogP contribution >= 0.6 is 0 Å². The van der Waals surface area contributed by atoms with Crippen LogP contribution in [0.5, 0.6) is 0 Å². The van der Waals surface area contributed by atoms with Gasteiger partial charge in [-0.25, -0.2) is 0 Å². The molecular weight excluding hydrogens is 112 g/mol. The summed E-state index contributed by atoms with van der Waals surface area (Å²) in [5, 5.41) is 0. The molecule has 0 rings (SSSR count). The van der Waals surface area contributed by atoms with Crippen molar-refractivity contribution in [3.8, 4) is 0 Å². The van der Waals surface area contributed by atoms with Gasteiger partial charge in [-0.3, -0.25) is 0 Å². The van der Waals surface area contributed by atoms with Crippen molar-refractivity contribution < 1.29 is 0 Å². The van der Waals surface area contributed by atoms with Crippen LogP contribution in [0.2, 0.25) is 0 Å². The minimum Gasteiger partial charge on any atom is -0.405 e. The molecule has 0 aliphatic carbocycles. The first-order valence-electron chi connectivity index (χ1n) is 3.13. The predicted octanol–water partition coefficient (Wildman–Crippen LogP) is 0.754. The molecule has 2 heteroatoms. The Morgan fingerprint density at radius 2 is 1.67 bits per heavy atom. The maximum Gasteiger partial charge on any atom is 0.0106 e. The fraction of sp³-hybridized carbons (Fsp3) is 0.429. The summed E-state index contributed by atoms with van der Waals surface area (Å²) in [7, 11) is 0. The molecule has 0 bridgehead atoms. The van der Waals surface area contributed by atoms with E-state index in [1.807, 2.05) is 12.2 Å². The second-order valence-electron chi connectivity index (χ2n) is 1.71. The molecule has 0 unspecified atom stereocenters. The lowest BCUT2D eigenvalue weighted by molar-refractivity contribution is 1.04. The van der Waals surface area contributed by atoms with Crippen molar-refractivity contribution in [3.05, 3.63) is 24.4 Å². The average molecular weight is 126 g/mol. The zero-order valence-corrected chi connectivity index (χ0v) is 5.59. The summed E-state index contributed by atoms with van der Waals surface area (Å²) in [5.74, 6) is 0. The number of hydrogen-bond donors (Lipinski definition) is 2. The Morgan fingerprint density at radius 1 is 1.00 bits per heavy atom. The fourth-order valence-electron chi connectivity index (χ4n) is 0.503. The minimum absolute atomic E-state index is 0.631. The van der Waals surface area contributed by atoms with Gasteiger partial charge in [-0.05, 0) is 19.0 Å². The Hall–Kier alpha value is -0.760. The quantitative estimate of drug-likeness (QED) is 0.431. The summed E-state index contributed by atoms with van der Waals surface area (Å²) < 4.78 is 0. The number of nitrogens with two attached hydrogens (primary N) is 2. The van der Waals surface area contributed by atoms with Crippen LogP contribution in [0.1, 0.15) is 12.8 Å². The van der Waals surface area contributed by atoms with Crippen LogP contribution in [-0.2, 0) is 0 Å². The van der Waals surface area contributed by atoms with E-state index in [-0.39, 0.29) is 0 Å². The van der Waals surface area contributed by atoms with Crippen molar-refractivity contribution in [1.82, 2.24) is 0 Å². The molecule has 0 radical (unpaired) electrons. The highest BCUT2D eigenvalue weighted by molar-refractivity contribution is 4.86. The monoisotopic (exact) mass is 126 g/mol. The van der Waals surface area contributed by atoms with E-state index in [0.717, 1.165) is 12.8 Å². The van der Waals surface area contributed by atoms with Crippen LogP contribution in [0, 0.1) is 0 Å². The standard InChI is InChI=1S/C7H14N2/c8-6-4-2-1-3-5-7-9/h2,4-5,7H,1,3,6,8-9H2/b4-2+,7-5+. The van der Waals surface area contributed by atoms with E-state index in [2.05, 4.69) is 6.08 Å². The van der Waals surface area contributed by atoms with Gasteiger partial charge in [0.15, 0.2) is 0 Å². The van der Waals surface area contributed by atoms with E-state index in [9.17, 15) is 0 Å². The van der Waals surface area contributed by atoms with Gasteiger partial charge in [0.05, 0.1) is 0 Å². The molecular formula is C7H14N2. The van der Waals surface area contributed by atoms with Gasteiger partial charge in [0.2, 0.25) is 0 Å². The molecule has 0 aliphatic heterocycles. The fourth-order valence-corrected chi connectivity index (χ4v) is 0.503. The topological polar surface area (TPSA) is 52.0 Å². The van der Waals surface area contributed by atoms with E-state index in [0.29, 0.717) is 6.54 Å². The summed E-state index contributed by atoms with van der Waals surface area (Å²) in [4.78, 5) is 0. The summed E-state index contributed by atoms with van der Waals surface area (Å²) >= 11 is 0. The Kier molecular flexibility index (Phi) is 6.63. The van der Waals surface area contributed by atoms with Crippen LogP contribution in [0.15, 0.2) is 24.4 Å². The SMILES string of the molecule is N/C=C/CC/C=C/CN. The molecule has 52 valence electrons. The second-order valence-corrected chi connectivity index (χ2v) is 1.71. The maximum atomic E-state index is 5.21. The zero-order valence-electron chi connectivity index (χ0n) is 5.59. The molecule has 0 saturated carbocycles. The van der Waals surface area contributed by atoms with Crippen LogP contribution in [0.4, 0.5) is 0 Å². The summed E-state index contributed by atoms with van der Waals surface area (Å²) in [6.45, 7) is 0.631. The highest BCUT2D eigenvalue weighted by atomic mass is 14.5. The Morgan fingerprint density at radius 3 is 2.22 bits per heavy atom. The van der Waals surface area contributed by atoms with Gasteiger partial charge in [-0.1, -0.05) is 18.2 Å². The maximum absolute atomic E-state index is 5.21. The highest BCUT2D eigenvalue weighted by Crippen LogP contribution is 1.89. The molecule has 0 spiro atoms. The van der Waals surface area contributed by atoms with Gasteiger partial charge >= 0.3 is 0 Å². The molecule has 9 heavy (non-hydrogen) atoms. The van der Waals surface area contributed by atoms with Gasteiger partial charge < -0.3 is 11.5 Å². The molecule has 0 aromatic rings. The molecule has 0 aromatic heterocycles. The van der Waals surface area contributed by atoms with Crippen molar-refractivity contribution in [1.29, 1.82) is 0 Å². The van der Waals surface area contributed by atoms with Crippen LogP contribution < -0.4 is 11.5 Å². The summed E-state index contributed by atoms with van der Waals surface area (Å²) in [5.41, 5.74) is 10.3. The van der Waals surface area contributed by atoms with Crippen LogP contribution in [0.3, 0.4) is 0 Å². The normalized spacial score (nSPS) is 11.7. The minimum atomic E-state index is 0.631. The van der Waals surface area contributed by atoms with Crippen molar-refractivity contribution in [2.75, 3.05) is 6.54 Å². The van der Waals surface area contributed by atoms with E-state index in [1.165, 1.54) is 0 Å². The molecule has 0 fully saturated rings.